The molecule has 0 saturated heterocycles. The van der Waals surface area contributed by atoms with Crippen LogP contribution in [0.25, 0.3) is 0 Å². The van der Waals surface area contributed by atoms with Gasteiger partial charge in [0.25, 0.3) is 0 Å². The molecule has 0 aromatic heterocycles. The molecule has 2 heteroatoms. The average molecular weight is 291 g/mol. The lowest BCUT2D eigenvalue weighted by Gasteiger charge is -2.23. The second kappa shape index (κ2) is 7.84. The summed E-state index contributed by atoms with van der Waals surface area (Å²) in [5.41, 5.74) is 2.76. The number of benzene rings is 1. The summed E-state index contributed by atoms with van der Waals surface area (Å²) in [5.74, 6) is 1.00. The number of hydrogen-bond acceptors (Lipinski definition) is 2. The van der Waals surface area contributed by atoms with Crippen molar-refractivity contribution in [3.63, 3.8) is 0 Å². The van der Waals surface area contributed by atoms with E-state index in [0.29, 0.717) is 6.04 Å². The Bertz CT molecular complexity index is 434. The smallest absolute Gasteiger partial charge is 0.122 e. The van der Waals surface area contributed by atoms with E-state index < -0.39 is 0 Å². The van der Waals surface area contributed by atoms with Crippen LogP contribution in [0, 0.1) is 6.92 Å². The average Bonchev–Trinajstić information content (AvgIpc) is 2.38. The number of aryl methyl sites for hydroxylation is 1. The topological polar surface area (TPSA) is 21.3 Å². The summed E-state index contributed by atoms with van der Waals surface area (Å²) in [7, 11) is 0. The summed E-state index contributed by atoms with van der Waals surface area (Å²) in [5, 5.41) is 3.53. The van der Waals surface area contributed by atoms with Gasteiger partial charge in [-0.2, -0.15) is 0 Å². The summed E-state index contributed by atoms with van der Waals surface area (Å²) in [6, 6.07) is 7.10. The van der Waals surface area contributed by atoms with Crippen LogP contribution in [0.1, 0.15) is 65.5 Å². The van der Waals surface area contributed by atoms with Crippen LogP contribution in [0.3, 0.4) is 0 Å². The molecule has 1 aromatic carbocycles. The molecule has 1 aromatic rings. The van der Waals surface area contributed by atoms with Gasteiger partial charge < -0.3 is 10.1 Å². The molecule has 0 aliphatic carbocycles. The minimum Gasteiger partial charge on any atom is -0.489 e. The van der Waals surface area contributed by atoms with Crippen molar-refractivity contribution in [3.05, 3.63) is 29.3 Å². The molecule has 0 spiro atoms. The predicted molar refractivity (Wildman–Crippen MR) is 92.3 cm³/mol. The zero-order valence-corrected chi connectivity index (χ0v) is 14.9. The Balaban J connectivity index is 2.58. The molecular formula is C19H33NO. The maximum absolute atomic E-state index is 6.08. The number of hydrogen-bond donors (Lipinski definition) is 1. The molecule has 2 nitrogen and oxygen atoms in total. The molecule has 0 fully saturated rings. The van der Waals surface area contributed by atoms with E-state index in [9.17, 15) is 0 Å². The van der Waals surface area contributed by atoms with Gasteiger partial charge in [-0.1, -0.05) is 46.2 Å². The first-order valence-electron chi connectivity index (χ1n) is 8.25. The van der Waals surface area contributed by atoms with Gasteiger partial charge in [0.05, 0.1) is 0 Å². The van der Waals surface area contributed by atoms with Gasteiger partial charge in [-0.05, 0) is 49.8 Å². The zero-order valence-electron chi connectivity index (χ0n) is 14.9. The van der Waals surface area contributed by atoms with Crippen LogP contribution in [0.2, 0.25) is 0 Å². The molecule has 0 aliphatic rings. The van der Waals surface area contributed by atoms with Gasteiger partial charge in [-0.3, -0.25) is 0 Å². The van der Waals surface area contributed by atoms with Crippen LogP contribution in [0.4, 0.5) is 0 Å². The lowest BCUT2D eigenvalue weighted by atomic mass is 9.86. The minimum atomic E-state index is 0.184. The highest BCUT2D eigenvalue weighted by molar-refractivity contribution is 5.38. The summed E-state index contributed by atoms with van der Waals surface area (Å²) < 4.78 is 6.08. The summed E-state index contributed by atoms with van der Waals surface area (Å²) in [6.07, 6.45) is 2.62. The van der Waals surface area contributed by atoms with Gasteiger partial charge in [0.1, 0.15) is 11.9 Å². The fourth-order valence-electron chi connectivity index (χ4n) is 2.41. The van der Waals surface area contributed by atoms with Gasteiger partial charge in [0.2, 0.25) is 0 Å². The van der Waals surface area contributed by atoms with Crippen molar-refractivity contribution in [1.29, 1.82) is 0 Å². The van der Waals surface area contributed by atoms with Crippen molar-refractivity contribution in [2.24, 2.45) is 0 Å². The van der Waals surface area contributed by atoms with Gasteiger partial charge in [-0.15, -0.1) is 0 Å². The molecule has 1 rings (SSSR count). The Hall–Kier alpha value is -1.02. The highest BCUT2D eigenvalue weighted by Gasteiger charge is 2.15. The van der Waals surface area contributed by atoms with E-state index in [0.717, 1.165) is 12.3 Å². The van der Waals surface area contributed by atoms with E-state index >= 15 is 0 Å². The maximum Gasteiger partial charge on any atom is 0.122 e. The second-order valence-electron chi connectivity index (χ2n) is 7.26. The highest BCUT2D eigenvalue weighted by atomic mass is 16.5. The van der Waals surface area contributed by atoms with Crippen LogP contribution in [0.15, 0.2) is 18.2 Å². The molecule has 0 bridgehead atoms. The molecule has 0 saturated carbocycles. The van der Waals surface area contributed by atoms with E-state index in [1.807, 2.05) is 0 Å². The lowest BCUT2D eigenvalue weighted by molar-refractivity contribution is 0.210. The SMILES string of the molecule is CCCC(C)NCC(C)Oc1ccc(C(C)(C)C)cc1C. The Labute approximate surface area is 131 Å². The lowest BCUT2D eigenvalue weighted by Crippen LogP contribution is -2.35. The van der Waals surface area contributed by atoms with Gasteiger partial charge >= 0.3 is 0 Å². The first-order chi connectivity index (χ1) is 9.74. The van der Waals surface area contributed by atoms with E-state index in [1.54, 1.807) is 0 Å². The van der Waals surface area contributed by atoms with Gasteiger partial charge in [-0.25, -0.2) is 0 Å². The molecular weight excluding hydrogens is 258 g/mol. The number of nitrogens with one attached hydrogen (secondary N) is 1. The van der Waals surface area contributed by atoms with E-state index in [-0.39, 0.29) is 11.5 Å². The van der Waals surface area contributed by atoms with Crippen LogP contribution >= 0.6 is 0 Å². The molecule has 21 heavy (non-hydrogen) atoms. The van der Waals surface area contributed by atoms with Crippen LogP contribution in [-0.2, 0) is 5.41 Å². The normalized spacial score (nSPS) is 14.8. The van der Waals surface area contributed by atoms with Crippen molar-refractivity contribution in [1.82, 2.24) is 5.32 Å². The third-order valence-corrected chi connectivity index (χ3v) is 3.84. The molecule has 0 amide bonds. The molecule has 1 N–H and O–H groups in total. The first-order valence-corrected chi connectivity index (χ1v) is 8.25. The summed E-state index contributed by atoms with van der Waals surface area (Å²) in [6.45, 7) is 16.3. The Morgan fingerprint density at radius 1 is 1.19 bits per heavy atom. The van der Waals surface area contributed by atoms with E-state index in [2.05, 4.69) is 72.0 Å². The largest absolute Gasteiger partial charge is 0.489 e. The van der Waals surface area contributed by atoms with Crippen LogP contribution in [-0.4, -0.2) is 18.7 Å². The third-order valence-electron chi connectivity index (χ3n) is 3.84. The summed E-state index contributed by atoms with van der Waals surface area (Å²) in [4.78, 5) is 0. The fourth-order valence-corrected chi connectivity index (χ4v) is 2.41. The van der Waals surface area contributed by atoms with Crippen LogP contribution in [0.5, 0.6) is 5.75 Å². The number of rotatable bonds is 7. The first kappa shape index (κ1) is 18.0. The minimum absolute atomic E-state index is 0.184. The Kier molecular flexibility index (Phi) is 6.73. The molecule has 120 valence electrons. The standard InChI is InChI=1S/C19H33NO/c1-8-9-15(3)20-13-16(4)21-18-11-10-17(12-14(18)2)19(5,6)7/h10-12,15-16,20H,8-9,13H2,1-7H3. The second-order valence-corrected chi connectivity index (χ2v) is 7.26. The molecule has 2 unspecified atom stereocenters. The fraction of sp³-hybridized carbons (Fsp3) is 0.684. The molecule has 0 aliphatic heterocycles. The maximum atomic E-state index is 6.08. The highest BCUT2D eigenvalue weighted by Crippen LogP contribution is 2.27. The summed E-state index contributed by atoms with van der Waals surface area (Å²) >= 11 is 0. The predicted octanol–water partition coefficient (Wildman–Crippen LogP) is 4.84. The van der Waals surface area contributed by atoms with Crippen molar-refractivity contribution in [2.75, 3.05) is 6.54 Å². The van der Waals surface area contributed by atoms with Crippen LogP contribution < -0.4 is 10.1 Å². The van der Waals surface area contributed by atoms with Crippen molar-refractivity contribution < 1.29 is 4.74 Å². The quantitative estimate of drug-likeness (QED) is 0.776. The Morgan fingerprint density at radius 3 is 2.38 bits per heavy atom. The van der Waals surface area contributed by atoms with Gasteiger partial charge in [0, 0.05) is 12.6 Å². The van der Waals surface area contributed by atoms with Crippen molar-refractivity contribution >= 4 is 0 Å². The van der Waals surface area contributed by atoms with E-state index in [4.69, 9.17) is 4.74 Å². The molecule has 0 radical (unpaired) electrons. The van der Waals surface area contributed by atoms with E-state index in [1.165, 1.54) is 24.0 Å². The molecule has 0 heterocycles. The Morgan fingerprint density at radius 2 is 1.86 bits per heavy atom. The van der Waals surface area contributed by atoms with Crippen molar-refractivity contribution in [3.8, 4) is 5.75 Å². The monoisotopic (exact) mass is 291 g/mol. The third kappa shape index (κ3) is 6.09. The van der Waals surface area contributed by atoms with Crippen molar-refractivity contribution in [2.45, 2.75) is 78.9 Å². The van der Waals surface area contributed by atoms with Gasteiger partial charge in [0.15, 0.2) is 0 Å². The zero-order chi connectivity index (χ0) is 16.0. The molecule has 2 atom stereocenters. The number of ether oxygens (including phenoxy) is 1.